The van der Waals surface area contributed by atoms with Crippen LogP contribution in [0.3, 0.4) is 0 Å². The summed E-state index contributed by atoms with van der Waals surface area (Å²) in [5.41, 5.74) is 1.27. The van der Waals surface area contributed by atoms with Gasteiger partial charge in [-0.25, -0.2) is 0 Å². The number of rotatable bonds is 1. The predicted molar refractivity (Wildman–Crippen MR) is 68.4 cm³/mol. The van der Waals surface area contributed by atoms with Gasteiger partial charge in [-0.3, -0.25) is 0 Å². The van der Waals surface area contributed by atoms with Gasteiger partial charge < -0.3 is 0 Å². The maximum atomic E-state index is 4.27. The lowest BCUT2D eigenvalue weighted by Crippen LogP contribution is -1.67. The van der Waals surface area contributed by atoms with Crippen LogP contribution in [0.2, 0.25) is 0 Å². The molecule has 0 saturated heterocycles. The molecular weight excluding hydrogens is 208 g/mol. The van der Waals surface area contributed by atoms with Gasteiger partial charge in [-0.2, -0.15) is 0 Å². The average Bonchev–Trinajstić information content (AvgIpc) is 2.69. The van der Waals surface area contributed by atoms with Crippen molar-refractivity contribution in [3.8, 4) is 10.4 Å². The fourth-order valence-corrected chi connectivity index (χ4v) is 2.21. The van der Waals surface area contributed by atoms with Crippen LogP contribution >= 0.6 is 24.0 Å². The zero-order valence-corrected chi connectivity index (χ0v) is 10.1. The molecule has 0 spiro atoms. The Hall–Kier alpha value is -0.730. The van der Waals surface area contributed by atoms with Crippen molar-refractivity contribution in [2.24, 2.45) is 0 Å². The Labute approximate surface area is 95.0 Å². The number of benzene rings is 1. The molecule has 1 aromatic carbocycles. The molecule has 0 N–H and O–H groups in total. The van der Waals surface area contributed by atoms with Crippen LogP contribution < -0.4 is 0 Å². The number of hydrogen-bond donors (Lipinski definition) is 1. The average molecular weight is 222 g/mol. The van der Waals surface area contributed by atoms with E-state index in [9.17, 15) is 0 Å². The van der Waals surface area contributed by atoms with Crippen molar-refractivity contribution in [1.82, 2.24) is 0 Å². The lowest BCUT2D eigenvalue weighted by Gasteiger charge is -1.93. The van der Waals surface area contributed by atoms with Gasteiger partial charge in [0, 0.05) is 4.88 Å². The van der Waals surface area contributed by atoms with Crippen LogP contribution in [0.25, 0.3) is 10.4 Å². The number of thiophene rings is 1. The Morgan fingerprint density at radius 1 is 0.929 bits per heavy atom. The van der Waals surface area contributed by atoms with E-state index >= 15 is 0 Å². The van der Waals surface area contributed by atoms with Crippen molar-refractivity contribution in [3.05, 3.63) is 42.5 Å². The first-order valence-corrected chi connectivity index (χ1v) is 5.97. The first kappa shape index (κ1) is 11.3. The predicted octanol–water partition coefficient (Wildman–Crippen LogP) is 4.73. The van der Waals surface area contributed by atoms with Crippen molar-refractivity contribution in [1.29, 1.82) is 0 Å². The van der Waals surface area contributed by atoms with Crippen molar-refractivity contribution >= 4 is 24.0 Å². The van der Waals surface area contributed by atoms with Crippen LogP contribution in [0, 0.1) is 0 Å². The van der Waals surface area contributed by atoms with Gasteiger partial charge in [-0.05, 0) is 17.7 Å². The highest BCUT2D eigenvalue weighted by Gasteiger charge is 1.98. The number of hydrogen-bond acceptors (Lipinski definition) is 2. The SMILES string of the molecule is CC.Sc1ccc(-c2ccccc2)s1. The van der Waals surface area contributed by atoms with E-state index in [1.165, 1.54) is 10.4 Å². The molecule has 0 unspecified atom stereocenters. The molecule has 2 heteroatoms. The van der Waals surface area contributed by atoms with Crippen LogP contribution in [0.5, 0.6) is 0 Å². The Kier molecular flexibility index (Phi) is 4.77. The van der Waals surface area contributed by atoms with E-state index in [2.05, 4.69) is 30.8 Å². The zero-order chi connectivity index (χ0) is 10.4. The molecule has 0 nitrogen and oxygen atoms in total. The fraction of sp³-hybridized carbons (Fsp3) is 0.167. The smallest absolute Gasteiger partial charge is 0.0574 e. The van der Waals surface area contributed by atoms with Gasteiger partial charge in [-0.1, -0.05) is 44.2 Å². The molecule has 2 rings (SSSR count). The van der Waals surface area contributed by atoms with Crippen molar-refractivity contribution in [2.75, 3.05) is 0 Å². The van der Waals surface area contributed by atoms with Crippen LogP contribution in [-0.4, -0.2) is 0 Å². The summed E-state index contributed by atoms with van der Waals surface area (Å²) in [7, 11) is 0. The second kappa shape index (κ2) is 5.89. The highest BCUT2D eigenvalue weighted by molar-refractivity contribution is 7.83. The second-order valence-electron chi connectivity index (χ2n) is 2.50. The molecular formula is C12H14S2. The molecule has 14 heavy (non-hydrogen) atoms. The highest BCUT2D eigenvalue weighted by atomic mass is 32.2. The number of thiol groups is 1. The third-order valence-electron chi connectivity index (χ3n) is 1.65. The fourth-order valence-electron chi connectivity index (χ4n) is 1.09. The summed E-state index contributed by atoms with van der Waals surface area (Å²) in [6, 6.07) is 14.5. The molecule has 0 aliphatic rings. The maximum Gasteiger partial charge on any atom is 0.0574 e. The van der Waals surface area contributed by atoms with E-state index in [-0.39, 0.29) is 0 Å². The highest BCUT2D eigenvalue weighted by Crippen LogP contribution is 2.29. The van der Waals surface area contributed by atoms with Crippen LogP contribution in [-0.2, 0) is 0 Å². The van der Waals surface area contributed by atoms with E-state index in [0.717, 1.165) is 4.21 Å². The maximum absolute atomic E-state index is 4.27. The molecule has 0 fully saturated rings. The minimum absolute atomic E-state index is 1.06. The topological polar surface area (TPSA) is 0 Å². The molecule has 0 aliphatic heterocycles. The summed E-state index contributed by atoms with van der Waals surface area (Å²) in [6.07, 6.45) is 0. The second-order valence-corrected chi connectivity index (χ2v) is 4.37. The van der Waals surface area contributed by atoms with Crippen LogP contribution in [0.1, 0.15) is 13.8 Å². The quantitative estimate of drug-likeness (QED) is 0.663. The van der Waals surface area contributed by atoms with Gasteiger partial charge in [-0.15, -0.1) is 24.0 Å². The standard InChI is InChI=1S/C10H8S2.C2H6/c11-10-7-6-9(12-10)8-4-2-1-3-5-8;1-2/h1-7,11H;1-2H3. The molecule has 1 aromatic heterocycles. The molecule has 2 aromatic rings. The molecule has 0 radical (unpaired) electrons. The van der Waals surface area contributed by atoms with E-state index in [1.807, 2.05) is 38.1 Å². The monoisotopic (exact) mass is 222 g/mol. The lowest BCUT2D eigenvalue weighted by molar-refractivity contribution is 1.50. The Bertz CT molecular complexity index is 363. The van der Waals surface area contributed by atoms with Crippen molar-refractivity contribution in [3.63, 3.8) is 0 Å². The molecule has 1 heterocycles. The molecule has 0 bridgehead atoms. The van der Waals surface area contributed by atoms with Gasteiger partial charge in [0.1, 0.15) is 0 Å². The molecule has 0 atom stereocenters. The molecule has 0 amide bonds. The van der Waals surface area contributed by atoms with E-state index in [0.29, 0.717) is 0 Å². The normalized spacial score (nSPS) is 9.07. The Morgan fingerprint density at radius 3 is 2.07 bits per heavy atom. The van der Waals surface area contributed by atoms with Crippen molar-refractivity contribution < 1.29 is 0 Å². The summed E-state index contributed by atoms with van der Waals surface area (Å²) in [4.78, 5) is 1.28. The first-order valence-electron chi connectivity index (χ1n) is 4.70. The summed E-state index contributed by atoms with van der Waals surface area (Å²) >= 11 is 5.98. The summed E-state index contributed by atoms with van der Waals surface area (Å²) < 4.78 is 1.06. The molecule has 0 saturated carbocycles. The third-order valence-corrected chi connectivity index (χ3v) is 3.01. The van der Waals surface area contributed by atoms with Crippen molar-refractivity contribution in [2.45, 2.75) is 18.1 Å². The summed E-state index contributed by atoms with van der Waals surface area (Å²) in [5, 5.41) is 0. The van der Waals surface area contributed by atoms with E-state index in [4.69, 9.17) is 0 Å². The Balaban J connectivity index is 0.000000461. The van der Waals surface area contributed by atoms with E-state index < -0.39 is 0 Å². The lowest BCUT2D eigenvalue weighted by atomic mass is 10.2. The van der Waals surface area contributed by atoms with Gasteiger partial charge in [0.25, 0.3) is 0 Å². The zero-order valence-electron chi connectivity index (χ0n) is 8.40. The van der Waals surface area contributed by atoms with E-state index in [1.54, 1.807) is 11.3 Å². The summed E-state index contributed by atoms with van der Waals surface area (Å²) in [6.45, 7) is 4.00. The van der Waals surface area contributed by atoms with Gasteiger partial charge in [0.15, 0.2) is 0 Å². The van der Waals surface area contributed by atoms with Gasteiger partial charge in [0.2, 0.25) is 0 Å². The Morgan fingerprint density at radius 2 is 1.57 bits per heavy atom. The third kappa shape index (κ3) is 2.89. The minimum Gasteiger partial charge on any atom is -0.133 e. The minimum atomic E-state index is 1.06. The van der Waals surface area contributed by atoms with Gasteiger partial charge >= 0.3 is 0 Å². The van der Waals surface area contributed by atoms with Crippen LogP contribution in [0.15, 0.2) is 46.7 Å². The molecule has 0 aliphatic carbocycles. The molecule has 74 valence electrons. The first-order chi connectivity index (χ1) is 6.86. The van der Waals surface area contributed by atoms with Gasteiger partial charge in [0.05, 0.1) is 4.21 Å². The van der Waals surface area contributed by atoms with Crippen LogP contribution in [0.4, 0.5) is 0 Å². The largest absolute Gasteiger partial charge is 0.133 e. The summed E-state index contributed by atoms with van der Waals surface area (Å²) in [5.74, 6) is 0.